The maximum atomic E-state index is 12.2. The Labute approximate surface area is 163 Å². The third-order valence-corrected chi connectivity index (χ3v) is 4.32. The maximum Gasteiger partial charge on any atom is 0.277 e. The van der Waals surface area contributed by atoms with E-state index in [4.69, 9.17) is 27.7 Å². The van der Waals surface area contributed by atoms with Crippen LogP contribution in [0.2, 0.25) is 10.0 Å². The van der Waals surface area contributed by atoms with E-state index in [-0.39, 0.29) is 16.4 Å². The molecular weight excluding hydrogens is 393 g/mol. The number of nitrogens with one attached hydrogen (secondary N) is 1. The number of halogens is 2. The number of nitrogens with zero attached hydrogens (tertiary/aromatic N) is 2. The summed E-state index contributed by atoms with van der Waals surface area (Å²) in [7, 11) is 0. The number of carbonyl (C=O) groups excluding carboxylic acids is 1. The summed E-state index contributed by atoms with van der Waals surface area (Å²) in [5, 5.41) is 17.5. The lowest BCUT2D eigenvalue weighted by atomic mass is 10.2. The zero-order valence-corrected chi connectivity index (χ0v) is 15.1. The van der Waals surface area contributed by atoms with Crippen LogP contribution < -0.4 is 5.32 Å². The van der Waals surface area contributed by atoms with Gasteiger partial charge in [0, 0.05) is 18.2 Å². The van der Waals surface area contributed by atoms with Crippen molar-refractivity contribution < 1.29 is 14.2 Å². The molecule has 0 radical (unpaired) electrons. The van der Waals surface area contributed by atoms with E-state index in [0.29, 0.717) is 16.5 Å². The van der Waals surface area contributed by atoms with Crippen LogP contribution in [0.15, 0.2) is 53.1 Å². The number of rotatable bonds is 5. The van der Waals surface area contributed by atoms with Gasteiger partial charge in [-0.2, -0.15) is 0 Å². The molecule has 1 amide bonds. The lowest BCUT2D eigenvalue weighted by Gasteiger charge is -2.05. The van der Waals surface area contributed by atoms with Gasteiger partial charge in [-0.05, 0) is 35.9 Å². The monoisotopic (exact) mass is 403 g/mol. The number of aromatic nitrogens is 1. The van der Waals surface area contributed by atoms with Crippen LogP contribution in [0.1, 0.15) is 21.8 Å². The summed E-state index contributed by atoms with van der Waals surface area (Å²) in [5.41, 5.74) is 1.16. The van der Waals surface area contributed by atoms with Crippen molar-refractivity contribution in [2.45, 2.75) is 0 Å². The number of carbonyl (C=O) groups is 1. The molecule has 27 heavy (non-hydrogen) atoms. The number of nitro groups is 1. The molecule has 2 aromatic carbocycles. The van der Waals surface area contributed by atoms with Crippen LogP contribution in [-0.2, 0) is 0 Å². The first-order valence-electron chi connectivity index (χ1n) is 7.58. The molecule has 1 aromatic heterocycles. The van der Waals surface area contributed by atoms with Crippen LogP contribution in [0.4, 0.5) is 11.4 Å². The van der Waals surface area contributed by atoms with Gasteiger partial charge in [-0.3, -0.25) is 14.9 Å². The Hall–Kier alpha value is -3.16. The third kappa shape index (κ3) is 4.52. The molecule has 0 unspecified atom stereocenters. The molecular formula is C18H11Cl2N3O4. The molecule has 0 saturated heterocycles. The van der Waals surface area contributed by atoms with E-state index in [1.165, 1.54) is 18.2 Å². The predicted molar refractivity (Wildman–Crippen MR) is 103 cm³/mol. The molecule has 0 aliphatic carbocycles. The molecule has 0 bridgehead atoms. The minimum atomic E-state index is -0.502. The summed E-state index contributed by atoms with van der Waals surface area (Å²) >= 11 is 11.9. The molecule has 3 rings (SSSR count). The van der Waals surface area contributed by atoms with Crippen LogP contribution in [0.5, 0.6) is 0 Å². The average Bonchev–Trinajstić information content (AvgIpc) is 3.13. The van der Waals surface area contributed by atoms with Crippen LogP contribution in [-0.4, -0.2) is 16.0 Å². The van der Waals surface area contributed by atoms with Gasteiger partial charge in [-0.25, -0.2) is 0 Å². The number of hydrogen-bond acceptors (Lipinski definition) is 5. The second-order valence-corrected chi connectivity index (χ2v) is 6.14. The van der Waals surface area contributed by atoms with Gasteiger partial charge in [0.15, 0.2) is 11.5 Å². The van der Waals surface area contributed by atoms with E-state index in [2.05, 4.69) is 10.5 Å². The fourth-order valence-electron chi connectivity index (χ4n) is 2.15. The smallest absolute Gasteiger partial charge is 0.277 e. The summed E-state index contributed by atoms with van der Waals surface area (Å²) in [6.07, 6.45) is 3.27. The molecule has 7 nitrogen and oxygen atoms in total. The molecule has 9 heteroatoms. The van der Waals surface area contributed by atoms with E-state index < -0.39 is 10.8 Å². The van der Waals surface area contributed by atoms with Crippen LogP contribution in [0, 0.1) is 10.1 Å². The minimum absolute atomic E-state index is 0.00505. The number of benzene rings is 2. The Kier molecular flexibility index (Phi) is 5.54. The lowest BCUT2D eigenvalue weighted by molar-refractivity contribution is -0.384. The van der Waals surface area contributed by atoms with Gasteiger partial charge in [-0.15, -0.1) is 0 Å². The molecule has 1 N–H and O–H groups in total. The average molecular weight is 404 g/mol. The normalized spacial score (nSPS) is 10.9. The molecule has 136 valence electrons. The predicted octanol–water partition coefficient (Wildman–Crippen LogP) is 5.31. The van der Waals surface area contributed by atoms with Gasteiger partial charge in [0.2, 0.25) is 0 Å². The molecule has 0 aliphatic heterocycles. The first kappa shape index (κ1) is 18.6. The first-order chi connectivity index (χ1) is 12.9. The Morgan fingerprint density at radius 2 is 1.89 bits per heavy atom. The number of non-ortho nitro benzene ring substituents is 1. The number of anilines is 1. The topological polar surface area (TPSA) is 98.3 Å². The van der Waals surface area contributed by atoms with Gasteiger partial charge < -0.3 is 9.84 Å². The Morgan fingerprint density at radius 3 is 2.59 bits per heavy atom. The van der Waals surface area contributed by atoms with E-state index >= 15 is 0 Å². The summed E-state index contributed by atoms with van der Waals surface area (Å²) in [6, 6.07) is 12.3. The minimum Gasteiger partial charge on any atom is -0.356 e. The van der Waals surface area contributed by atoms with Crippen LogP contribution in [0.25, 0.3) is 12.2 Å². The highest BCUT2D eigenvalue weighted by Gasteiger charge is 2.14. The second-order valence-electron chi connectivity index (χ2n) is 5.35. The molecule has 3 aromatic rings. The molecule has 1 heterocycles. The van der Waals surface area contributed by atoms with Crippen molar-refractivity contribution in [3.8, 4) is 0 Å². The number of hydrogen-bond donors (Lipinski definition) is 1. The van der Waals surface area contributed by atoms with E-state index in [9.17, 15) is 14.9 Å². The van der Waals surface area contributed by atoms with Crippen molar-refractivity contribution >= 4 is 52.6 Å². The largest absolute Gasteiger partial charge is 0.356 e. The van der Waals surface area contributed by atoms with Gasteiger partial charge in [0.25, 0.3) is 11.6 Å². The Bertz CT molecular complexity index is 1030. The summed E-state index contributed by atoms with van der Waals surface area (Å²) in [5.74, 6) is -0.159. The molecule has 0 fully saturated rings. The van der Waals surface area contributed by atoms with Crippen LogP contribution >= 0.6 is 23.2 Å². The molecule has 0 aliphatic rings. The summed E-state index contributed by atoms with van der Waals surface area (Å²) < 4.78 is 5.10. The van der Waals surface area contributed by atoms with Crippen molar-refractivity contribution in [3.63, 3.8) is 0 Å². The van der Waals surface area contributed by atoms with E-state index in [0.717, 1.165) is 5.56 Å². The van der Waals surface area contributed by atoms with Crippen molar-refractivity contribution in [2.75, 3.05) is 5.32 Å². The van der Waals surface area contributed by atoms with Crippen molar-refractivity contribution in [3.05, 3.63) is 85.7 Å². The summed E-state index contributed by atoms with van der Waals surface area (Å²) in [6.45, 7) is 0. The lowest BCUT2D eigenvalue weighted by Crippen LogP contribution is -2.12. The fraction of sp³-hybridized carbons (Fsp3) is 0. The van der Waals surface area contributed by atoms with Gasteiger partial charge in [0.05, 0.1) is 20.7 Å². The van der Waals surface area contributed by atoms with Crippen molar-refractivity contribution in [1.82, 2.24) is 5.16 Å². The molecule has 0 saturated carbocycles. The van der Waals surface area contributed by atoms with E-state index in [1.54, 1.807) is 42.5 Å². The van der Waals surface area contributed by atoms with Gasteiger partial charge in [0.1, 0.15) is 0 Å². The van der Waals surface area contributed by atoms with Gasteiger partial charge >= 0.3 is 0 Å². The molecule has 0 spiro atoms. The first-order valence-corrected chi connectivity index (χ1v) is 8.34. The van der Waals surface area contributed by atoms with Crippen molar-refractivity contribution in [2.24, 2.45) is 0 Å². The van der Waals surface area contributed by atoms with Crippen molar-refractivity contribution in [1.29, 1.82) is 0 Å². The number of nitro benzene ring substituents is 1. The standard InChI is InChI=1S/C18H11Cl2N3O4/c19-14-2-1-3-15(17(14)20)21-18(24)16-10-13(27-22-16)9-6-11-4-7-12(8-5-11)23(25)26/h1-10H,(H,21,24)/b9-6+. The quantitative estimate of drug-likeness (QED) is 0.459. The molecule has 0 atom stereocenters. The highest BCUT2D eigenvalue weighted by Crippen LogP contribution is 2.29. The maximum absolute atomic E-state index is 12.2. The Balaban J connectivity index is 1.69. The zero-order chi connectivity index (χ0) is 19.4. The number of amides is 1. The highest BCUT2D eigenvalue weighted by atomic mass is 35.5. The van der Waals surface area contributed by atoms with Crippen LogP contribution in [0.3, 0.4) is 0 Å². The Morgan fingerprint density at radius 1 is 1.15 bits per heavy atom. The fourth-order valence-corrected chi connectivity index (χ4v) is 2.49. The highest BCUT2D eigenvalue weighted by molar-refractivity contribution is 6.44. The summed E-state index contributed by atoms with van der Waals surface area (Å²) in [4.78, 5) is 22.4. The second kappa shape index (κ2) is 8.03. The SMILES string of the molecule is O=C(Nc1cccc(Cl)c1Cl)c1cc(/C=C/c2ccc([N+](=O)[O-])cc2)on1. The zero-order valence-electron chi connectivity index (χ0n) is 13.6. The van der Waals surface area contributed by atoms with Gasteiger partial charge in [-0.1, -0.05) is 40.5 Å². The van der Waals surface area contributed by atoms with E-state index in [1.807, 2.05) is 0 Å². The third-order valence-electron chi connectivity index (χ3n) is 3.50.